The van der Waals surface area contributed by atoms with Gasteiger partial charge in [0, 0.05) is 5.56 Å². The minimum absolute atomic E-state index is 0.101. The molecule has 0 atom stereocenters. The van der Waals surface area contributed by atoms with Gasteiger partial charge >= 0.3 is 0 Å². The number of ether oxygens (including phenoxy) is 1. The van der Waals surface area contributed by atoms with Crippen LogP contribution in [0.2, 0.25) is 0 Å². The van der Waals surface area contributed by atoms with Crippen molar-refractivity contribution in [1.82, 2.24) is 0 Å². The highest BCUT2D eigenvalue weighted by Crippen LogP contribution is 2.24. The molecule has 0 aliphatic heterocycles. The minimum Gasteiger partial charge on any atom is -0.507 e. The number of amides is 1. The third-order valence-electron chi connectivity index (χ3n) is 2.88. The second-order valence-corrected chi connectivity index (χ2v) is 4.13. The maximum atomic E-state index is 12.3. The molecule has 0 bridgehead atoms. The Bertz CT molecular complexity index is 679. The van der Waals surface area contributed by atoms with Gasteiger partial charge in [0.05, 0.1) is 18.2 Å². The lowest BCUT2D eigenvalue weighted by Gasteiger charge is -2.08. The molecule has 0 aliphatic rings. The highest BCUT2D eigenvalue weighted by Gasteiger charge is 2.16. The van der Waals surface area contributed by atoms with Gasteiger partial charge in [0.1, 0.15) is 11.5 Å². The molecule has 0 fully saturated rings. The molecule has 20 heavy (non-hydrogen) atoms. The Balaban J connectivity index is 2.46. The Labute approximate surface area is 115 Å². The zero-order valence-electron chi connectivity index (χ0n) is 10.8. The first-order valence-electron chi connectivity index (χ1n) is 5.85. The number of hydrogen-bond donors (Lipinski definition) is 2. The van der Waals surface area contributed by atoms with Crippen LogP contribution in [0.4, 0.5) is 0 Å². The van der Waals surface area contributed by atoms with Crippen LogP contribution in [0.25, 0.3) is 0 Å². The van der Waals surface area contributed by atoms with E-state index in [0.29, 0.717) is 5.56 Å². The summed E-state index contributed by atoms with van der Waals surface area (Å²) in [5.74, 6) is -0.880. The van der Waals surface area contributed by atoms with Crippen LogP contribution in [0.1, 0.15) is 26.3 Å². The number of rotatable bonds is 4. The van der Waals surface area contributed by atoms with Gasteiger partial charge in [0.25, 0.3) is 5.91 Å². The molecule has 0 aliphatic carbocycles. The van der Waals surface area contributed by atoms with Gasteiger partial charge in [-0.2, -0.15) is 0 Å². The van der Waals surface area contributed by atoms with Crippen LogP contribution in [0.5, 0.6) is 11.5 Å². The first-order chi connectivity index (χ1) is 9.54. The molecule has 0 saturated heterocycles. The predicted molar refractivity (Wildman–Crippen MR) is 73.1 cm³/mol. The molecular formula is C15H13NO4. The van der Waals surface area contributed by atoms with Crippen LogP contribution in [-0.4, -0.2) is 23.9 Å². The van der Waals surface area contributed by atoms with Crippen molar-refractivity contribution in [3.8, 4) is 11.5 Å². The van der Waals surface area contributed by atoms with Crippen LogP contribution in [0.3, 0.4) is 0 Å². The van der Waals surface area contributed by atoms with Crippen LogP contribution >= 0.6 is 0 Å². The molecule has 2 rings (SSSR count). The van der Waals surface area contributed by atoms with Crippen molar-refractivity contribution >= 4 is 11.7 Å². The predicted octanol–water partition coefficient (Wildman–Crippen LogP) is 1.73. The Morgan fingerprint density at radius 2 is 1.80 bits per heavy atom. The van der Waals surface area contributed by atoms with Crippen molar-refractivity contribution in [2.24, 2.45) is 5.73 Å². The van der Waals surface area contributed by atoms with Crippen molar-refractivity contribution in [3.05, 3.63) is 59.2 Å². The SMILES string of the molecule is COc1cc(C(=O)c2ccccc2O)ccc1C(N)=O. The smallest absolute Gasteiger partial charge is 0.252 e. The molecule has 5 heteroatoms. The monoisotopic (exact) mass is 271 g/mol. The number of carbonyl (C=O) groups is 2. The third-order valence-corrected chi connectivity index (χ3v) is 2.88. The average molecular weight is 271 g/mol. The van der Waals surface area contributed by atoms with E-state index in [4.69, 9.17) is 10.5 Å². The summed E-state index contributed by atoms with van der Waals surface area (Å²) in [6.45, 7) is 0. The van der Waals surface area contributed by atoms with E-state index in [9.17, 15) is 14.7 Å². The van der Waals surface area contributed by atoms with E-state index in [1.54, 1.807) is 12.1 Å². The van der Waals surface area contributed by atoms with Gasteiger partial charge in [0.2, 0.25) is 0 Å². The fourth-order valence-electron chi connectivity index (χ4n) is 1.86. The number of phenols is 1. The first-order valence-corrected chi connectivity index (χ1v) is 5.85. The standard InChI is InChI=1S/C15H13NO4/c1-20-13-8-9(6-7-11(13)15(16)19)14(18)10-4-2-3-5-12(10)17/h2-8,17H,1H3,(H2,16,19). The van der Waals surface area contributed by atoms with Crippen molar-refractivity contribution in [2.75, 3.05) is 7.11 Å². The van der Waals surface area contributed by atoms with E-state index in [1.807, 2.05) is 0 Å². The molecule has 0 radical (unpaired) electrons. The number of aromatic hydroxyl groups is 1. The van der Waals surface area contributed by atoms with E-state index in [-0.39, 0.29) is 28.4 Å². The summed E-state index contributed by atoms with van der Waals surface area (Å²) >= 11 is 0. The Morgan fingerprint density at radius 3 is 2.40 bits per heavy atom. The summed E-state index contributed by atoms with van der Waals surface area (Å²) in [5, 5.41) is 9.69. The number of ketones is 1. The van der Waals surface area contributed by atoms with E-state index in [0.717, 1.165) is 0 Å². The Morgan fingerprint density at radius 1 is 1.10 bits per heavy atom. The molecule has 0 spiro atoms. The van der Waals surface area contributed by atoms with E-state index >= 15 is 0 Å². The van der Waals surface area contributed by atoms with Crippen molar-refractivity contribution < 1.29 is 19.4 Å². The molecule has 1 amide bonds. The van der Waals surface area contributed by atoms with Gasteiger partial charge in [-0.3, -0.25) is 9.59 Å². The maximum absolute atomic E-state index is 12.3. The van der Waals surface area contributed by atoms with Gasteiger partial charge in [0.15, 0.2) is 5.78 Å². The average Bonchev–Trinajstić information content (AvgIpc) is 2.46. The number of nitrogens with two attached hydrogens (primary N) is 1. The van der Waals surface area contributed by atoms with E-state index in [1.165, 1.54) is 37.4 Å². The van der Waals surface area contributed by atoms with E-state index in [2.05, 4.69) is 0 Å². The third kappa shape index (κ3) is 2.47. The molecule has 2 aromatic rings. The molecular weight excluding hydrogens is 258 g/mol. The van der Waals surface area contributed by atoms with Gasteiger partial charge in [-0.1, -0.05) is 12.1 Å². The highest BCUT2D eigenvalue weighted by atomic mass is 16.5. The summed E-state index contributed by atoms with van der Waals surface area (Å²) < 4.78 is 5.05. The van der Waals surface area contributed by atoms with Crippen molar-refractivity contribution in [3.63, 3.8) is 0 Å². The number of benzene rings is 2. The molecule has 0 saturated carbocycles. The van der Waals surface area contributed by atoms with Crippen LogP contribution in [-0.2, 0) is 0 Å². The number of methoxy groups -OCH3 is 1. The molecule has 2 aromatic carbocycles. The number of primary amides is 1. The van der Waals surface area contributed by atoms with Crippen molar-refractivity contribution in [2.45, 2.75) is 0 Å². The van der Waals surface area contributed by atoms with Crippen molar-refractivity contribution in [1.29, 1.82) is 0 Å². The highest BCUT2D eigenvalue weighted by molar-refractivity contribution is 6.11. The lowest BCUT2D eigenvalue weighted by molar-refractivity contribution is 0.0993. The Hall–Kier alpha value is -2.82. The lowest BCUT2D eigenvalue weighted by atomic mass is 10.0. The van der Waals surface area contributed by atoms with Crippen LogP contribution in [0, 0.1) is 0 Å². The molecule has 3 N–H and O–H groups in total. The van der Waals surface area contributed by atoms with Gasteiger partial charge in [-0.05, 0) is 30.3 Å². The normalized spacial score (nSPS) is 10.1. The van der Waals surface area contributed by atoms with E-state index < -0.39 is 5.91 Å². The zero-order chi connectivity index (χ0) is 14.7. The van der Waals surface area contributed by atoms with Gasteiger partial charge in [-0.25, -0.2) is 0 Å². The second kappa shape index (κ2) is 5.44. The molecule has 0 heterocycles. The summed E-state index contributed by atoms with van der Waals surface area (Å²) in [6, 6.07) is 10.6. The number of phenolic OH excluding ortho intramolecular Hbond substituents is 1. The largest absolute Gasteiger partial charge is 0.507 e. The quantitative estimate of drug-likeness (QED) is 0.829. The van der Waals surface area contributed by atoms with Crippen LogP contribution < -0.4 is 10.5 Å². The minimum atomic E-state index is -0.636. The molecule has 0 aromatic heterocycles. The summed E-state index contributed by atoms with van der Waals surface area (Å²) in [4.78, 5) is 23.5. The number of para-hydroxylation sites is 1. The van der Waals surface area contributed by atoms with Crippen LogP contribution in [0.15, 0.2) is 42.5 Å². The number of carbonyl (C=O) groups excluding carboxylic acids is 2. The van der Waals surface area contributed by atoms with Gasteiger partial charge < -0.3 is 15.6 Å². The summed E-state index contributed by atoms with van der Waals surface area (Å²) in [6.07, 6.45) is 0. The first kappa shape index (κ1) is 13.6. The maximum Gasteiger partial charge on any atom is 0.252 e. The zero-order valence-corrected chi connectivity index (χ0v) is 10.8. The molecule has 102 valence electrons. The molecule has 0 unspecified atom stereocenters. The second-order valence-electron chi connectivity index (χ2n) is 4.13. The summed E-state index contributed by atoms with van der Waals surface area (Å²) in [7, 11) is 1.38. The molecule has 5 nitrogen and oxygen atoms in total. The fraction of sp³-hybridized carbons (Fsp3) is 0.0667. The summed E-state index contributed by atoms with van der Waals surface area (Å²) in [5.41, 5.74) is 5.88. The number of hydrogen-bond acceptors (Lipinski definition) is 4. The van der Waals surface area contributed by atoms with Gasteiger partial charge in [-0.15, -0.1) is 0 Å². The Kier molecular flexibility index (Phi) is 3.70. The topological polar surface area (TPSA) is 89.6 Å². The fourth-order valence-corrected chi connectivity index (χ4v) is 1.86. The lowest BCUT2D eigenvalue weighted by Crippen LogP contribution is -2.13.